The second-order valence-corrected chi connectivity index (χ2v) is 9.50. The molecule has 0 aromatic heterocycles. The number of amides is 1. The third kappa shape index (κ3) is 8.49. The quantitative estimate of drug-likeness (QED) is 0.300. The SMILES string of the molecule is NCCC(NCc1ccc(C(=O)Nc2ccc(Cl)cc2N2CCN(CCC(F)(F)F)CC2)c(F)c1F)C(=O)O. The van der Waals surface area contributed by atoms with Crippen LogP contribution in [0, 0.1) is 11.6 Å². The van der Waals surface area contributed by atoms with E-state index in [9.17, 15) is 31.5 Å². The maximum atomic E-state index is 14.8. The Bertz CT molecular complexity index is 1180. The molecule has 0 aliphatic carbocycles. The molecule has 0 spiro atoms. The second kappa shape index (κ2) is 13.4. The lowest BCUT2D eigenvalue weighted by molar-refractivity contribution is -0.140. The van der Waals surface area contributed by atoms with E-state index in [0.29, 0.717) is 36.9 Å². The minimum absolute atomic E-state index is 0.0837. The Morgan fingerprint density at radius 2 is 1.77 bits per heavy atom. The average Bonchev–Trinajstić information content (AvgIpc) is 2.88. The maximum absolute atomic E-state index is 14.8. The van der Waals surface area contributed by atoms with E-state index >= 15 is 0 Å². The minimum Gasteiger partial charge on any atom is -0.480 e. The number of carboxylic acids is 1. The lowest BCUT2D eigenvalue weighted by Gasteiger charge is -2.37. The summed E-state index contributed by atoms with van der Waals surface area (Å²) in [6, 6.07) is 5.82. The molecule has 0 saturated carbocycles. The number of nitrogens with two attached hydrogens (primary N) is 1. The number of hydrogen-bond donors (Lipinski definition) is 4. The summed E-state index contributed by atoms with van der Waals surface area (Å²) < 4.78 is 67.2. The summed E-state index contributed by atoms with van der Waals surface area (Å²) in [5, 5.41) is 14.7. The monoisotopic (exact) mass is 577 g/mol. The number of carboxylic acid groups (broad SMARTS) is 1. The topological polar surface area (TPSA) is 111 Å². The smallest absolute Gasteiger partial charge is 0.390 e. The summed E-state index contributed by atoms with van der Waals surface area (Å²) in [7, 11) is 0. The van der Waals surface area contributed by atoms with Gasteiger partial charge in [0.1, 0.15) is 6.04 Å². The summed E-state index contributed by atoms with van der Waals surface area (Å²) in [6.45, 7) is 1.13. The molecule has 0 radical (unpaired) electrons. The van der Waals surface area contributed by atoms with Crippen LogP contribution in [-0.2, 0) is 11.3 Å². The van der Waals surface area contributed by atoms with Gasteiger partial charge in [-0.15, -0.1) is 0 Å². The lowest BCUT2D eigenvalue weighted by atomic mass is 10.1. The molecule has 1 saturated heterocycles. The van der Waals surface area contributed by atoms with Crippen LogP contribution in [-0.4, -0.2) is 73.4 Å². The van der Waals surface area contributed by atoms with Crippen LogP contribution in [0.1, 0.15) is 28.8 Å². The predicted octanol–water partition coefficient (Wildman–Crippen LogP) is 3.84. The Hall–Kier alpha value is -3.00. The first-order chi connectivity index (χ1) is 18.4. The van der Waals surface area contributed by atoms with Crippen LogP contribution in [0.2, 0.25) is 5.02 Å². The fourth-order valence-corrected chi connectivity index (χ4v) is 4.34. The summed E-state index contributed by atoms with van der Waals surface area (Å²) in [5.74, 6) is -4.80. The lowest BCUT2D eigenvalue weighted by Crippen LogP contribution is -2.47. The first kappa shape index (κ1) is 30.5. The third-order valence-electron chi connectivity index (χ3n) is 6.33. The molecule has 3 rings (SSSR count). The highest BCUT2D eigenvalue weighted by molar-refractivity contribution is 6.31. The van der Waals surface area contributed by atoms with Gasteiger partial charge in [-0.1, -0.05) is 17.7 Å². The number of nitrogens with one attached hydrogen (secondary N) is 2. The third-order valence-corrected chi connectivity index (χ3v) is 6.57. The molecule has 5 N–H and O–H groups in total. The zero-order valence-corrected chi connectivity index (χ0v) is 21.6. The van der Waals surface area contributed by atoms with E-state index < -0.39 is 47.7 Å². The van der Waals surface area contributed by atoms with Crippen molar-refractivity contribution in [1.29, 1.82) is 0 Å². The molecule has 214 valence electrons. The van der Waals surface area contributed by atoms with Gasteiger partial charge in [0.2, 0.25) is 0 Å². The van der Waals surface area contributed by atoms with Crippen molar-refractivity contribution in [2.75, 3.05) is 49.5 Å². The Balaban J connectivity index is 1.70. The molecular weight excluding hydrogens is 549 g/mol. The molecule has 1 heterocycles. The zero-order chi connectivity index (χ0) is 28.7. The Morgan fingerprint density at radius 3 is 2.38 bits per heavy atom. The van der Waals surface area contributed by atoms with Gasteiger partial charge in [0.05, 0.1) is 23.4 Å². The van der Waals surface area contributed by atoms with Gasteiger partial charge in [0.25, 0.3) is 5.91 Å². The number of halogens is 6. The Labute approximate surface area is 226 Å². The number of rotatable bonds is 11. The number of carbonyl (C=O) groups excluding carboxylic acids is 1. The number of carbonyl (C=O) groups is 2. The van der Waals surface area contributed by atoms with E-state index in [1.165, 1.54) is 18.2 Å². The zero-order valence-electron chi connectivity index (χ0n) is 20.8. The highest BCUT2D eigenvalue weighted by Gasteiger charge is 2.29. The van der Waals surface area contributed by atoms with Crippen molar-refractivity contribution in [3.05, 3.63) is 58.1 Å². The maximum Gasteiger partial charge on any atom is 0.390 e. The Morgan fingerprint density at radius 1 is 1.08 bits per heavy atom. The highest BCUT2D eigenvalue weighted by Crippen LogP contribution is 2.31. The number of alkyl halides is 3. The van der Waals surface area contributed by atoms with Crippen LogP contribution in [0.4, 0.5) is 33.3 Å². The largest absolute Gasteiger partial charge is 0.480 e. The number of nitrogens with zero attached hydrogens (tertiary/aromatic N) is 2. The first-order valence-electron chi connectivity index (χ1n) is 12.2. The van der Waals surface area contributed by atoms with Crippen LogP contribution in [0.25, 0.3) is 0 Å². The van der Waals surface area contributed by atoms with Crippen molar-refractivity contribution in [2.45, 2.75) is 31.6 Å². The fourth-order valence-electron chi connectivity index (χ4n) is 4.17. The van der Waals surface area contributed by atoms with Crippen molar-refractivity contribution in [2.24, 2.45) is 5.73 Å². The molecule has 2 aromatic carbocycles. The van der Waals surface area contributed by atoms with Crippen LogP contribution in [0.5, 0.6) is 0 Å². The van der Waals surface area contributed by atoms with Gasteiger partial charge in [0, 0.05) is 49.9 Å². The van der Waals surface area contributed by atoms with E-state index in [0.717, 1.165) is 6.07 Å². The van der Waals surface area contributed by atoms with E-state index in [1.54, 1.807) is 11.0 Å². The van der Waals surface area contributed by atoms with Gasteiger partial charge in [-0.25, -0.2) is 8.78 Å². The van der Waals surface area contributed by atoms with Crippen molar-refractivity contribution in [1.82, 2.24) is 10.2 Å². The molecule has 8 nitrogen and oxygen atoms in total. The fraction of sp³-hybridized carbons (Fsp3) is 0.440. The predicted molar refractivity (Wildman–Crippen MR) is 137 cm³/mol. The number of piperazine rings is 1. The van der Waals surface area contributed by atoms with Gasteiger partial charge in [-0.3, -0.25) is 14.5 Å². The summed E-state index contributed by atoms with van der Waals surface area (Å²) in [6.07, 6.45) is -5.06. The van der Waals surface area contributed by atoms with Crippen LogP contribution < -0.4 is 21.3 Å². The van der Waals surface area contributed by atoms with Gasteiger partial charge in [-0.2, -0.15) is 13.2 Å². The van der Waals surface area contributed by atoms with Crippen molar-refractivity contribution in [3.63, 3.8) is 0 Å². The summed E-state index contributed by atoms with van der Waals surface area (Å²) in [4.78, 5) is 27.7. The normalized spacial score (nSPS) is 15.3. The Kier molecular flexibility index (Phi) is 10.5. The molecule has 1 aliphatic heterocycles. The molecule has 1 fully saturated rings. The number of benzene rings is 2. The van der Waals surface area contributed by atoms with Crippen LogP contribution in [0.15, 0.2) is 30.3 Å². The molecule has 1 unspecified atom stereocenters. The van der Waals surface area contributed by atoms with Gasteiger partial charge in [-0.05, 0) is 37.2 Å². The van der Waals surface area contributed by atoms with Gasteiger partial charge < -0.3 is 26.4 Å². The first-order valence-corrected chi connectivity index (χ1v) is 12.6. The van der Waals surface area contributed by atoms with E-state index in [2.05, 4.69) is 10.6 Å². The molecule has 1 atom stereocenters. The average molecular weight is 578 g/mol. The molecule has 2 aromatic rings. The van der Waals surface area contributed by atoms with Crippen LogP contribution in [0.3, 0.4) is 0 Å². The number of anilines is 2. The van der Waals surface area contributed by atoms with Crippen molar-refractivity contribution < 1.29 is 36.6 Å². The molecular formula is C25H29ClF5N5O3. The summed E-state index contributed by atoms with van der Waals surface area (Å²) in [5.41, 5.74) is 5.41. The highest BCUT2D eigenvalue weighted by atomic mass is 35.5. The van der Waals surface area contributed by atoms with Crippen LogP contribution >= 0.6 is 11.6 Å². The van der Waals surface area contributed by atoms with E-state index in [-0.39, 0.29) is 37.3 Å². The molecule has 0 bridgehead atoms. The molecule has 14 heteroatoms. The van der Waals surface area contributed by atoms with Gasteiger partial charge >= 0.3 is 12.1 Å². The number of hydrogen-bond acceptors (Lipinski definition) is 6. The standard InChI is InChI=1S/C25H29ClF5N5O3/c26-16-2-4-18(20(13-16)36-11-9-35(10-12-36)8-6-25(29,30)31)34-23(37)17-3-1-15(21(27)22(17)28)14-33-19(5-7-32)24(38)39/h1-4,13,19,33H,5-12,14,32H2,(H,34,37)(H,38,39). The van der Waals surface area contributed by atoms with E-state index in [1.807, 2.05) is 4.90 Å². The number of aliphatic carboxylic acids is 1. The van der Waals surface area contributed by atoms with E-state index in [4.69, 9.17) is 22.4 Å². The molecule has 1 amide bonds. The second-order valence-electron chi connectivity index (χ2n) is 9.06. The minimum atomic E-state index is -4.24. The summed E-state index contributed by atoms with van der Waals surface area (Å²) >= 11 is 6.14. The molecule has 39 heavy (non-hydrogen) atoms. The van der Waals surface area contributed by atoms with Crippen molar-refractivity contribution >= 4 is 34.9 Å². The molecule has 1 aliphatic rings. The van der Waals surface area contributed by atoms with Crippen molar-refractivity contribution in [3.8, 4) is 0 Å². The van der Waals surface area contributed by atoms with Gasteiger partial charge in [0.15, 0.2) is 11.6 Å².